The molecule has 0 aliphatic rings. The predicted molar refractivity (Wildman–Crippen MR) is 133 cm³/mol. The van der Waals surface area contributed by atoms with Crippen molar-refractivity contribution in [2.24, 2.45) is 20.5 Å². The van der Waals surface area contributed by atoms with Gasteiger partial charge in [-0.2, -0.15) is 27.1 Å². The maximum absolute atomic E-state index is 11.9. The minimum atomic E-state index is -4.61. The van der Waals surface area contributed by atoms with E-state index >= 15 is 0 Å². The van der Waals surface area contributed by atoms with Crippen molar-refractivity contribution in [3.63, 3.8) is 0 Å². The van der Waals surface area contributed by atoms with Gasteiger partial charge in [-0.3, -0.25) is 9.11 Å². The van der Waals surface area contributed by atoms with E-state index in [0.717, 1.165) is 0 Å². The van der Waals surface area contributed by atoms with Gasteiger partial charge in [0.2, 0.25) is 0 Å². The Kier molecular flexibility index (Phi) is 7.00. The van der Waals surface area contributed by atoms with Crippen LogP contribution >= 0.6 is 0 Å². The van der Waals surface area contributed by atoms with Gasteiger partial charge in [0, 0.05) is 11.5 Å². The average Bonchev–Trinajstić information content (AvgIpc) is 2.86. The van der Waals surface area contributed by atoms with Crippen LogP contribution < -0.4 is 4.74 Å². The van der Waals surface area contributed by atoms with Crippen LogP contribution in [0.4, 0.5) is 22.7 Å². The molecule has 0 atom stereocenters. The Bertz CT molecular complexity index is 1770. The topological polar surface area (TPSA) is 188 Å². The molecule has 0 unspecified atom stereocenters. The van der Waals surface area contributed by atoms with Crippen molar-refractivity contribution in [3.05, 3.63) is 72.8 Å². The fraction of sp³-hybridized carbons (Fsp3) is 0.0435. The van der Waals surface area contributed by atoms with Crippen LogP contribution in [0.1, 0.15) is 0 Å². The third kappa shape index (κ3) is 5.78. The van der Waals surface area contributed by atoms with E-state index < -0.39 is 25.1 Å². The summed E-state index contributed by atoms with van der Waals surface area (Å²) < 4.78 is 70.0. The fourth-order valence-corrected chi connectivity index (χ4v) is 4.55. The number of hydrogen-bond acceptors (Lipinski definition) is 10. The number of aromatic hydroxyl groups is 1. The molecule has 0 radical (unpaired) electrons. The third-order valence-corrected chi connectivity index (χ3v) is 6.84. The van der Waals surface area contributed by atoms with Crippen LogP contribution in [0.15, 0.2) is 103 Å². The van der Waals surface area contributed by atoms with E-state index in [1.54, 1.807) is 12.1 Å². The number of rotatable bonds is 7. The van der Waals surface area contributed by atoms with E-state index in [1.165, 1.54) is 67.8 Å². The van der Waals surface area contributed by atoms with Crippen LogP contribution in [0.5, 0.6) is 11.5 Å². The normalized spacial score (nSPS) is 12.5. The summed E-state index contributed by atoms with van der Waals surface area (Å²) in [4.78, 5) is -0.703. The molecule has 0 aliphatic heterocycles. The number of hydrogen-bond donors (Lipinski definition) is 3. The first kappa shape index (κ1) is 25.8. The van der Waals surface area contributed by atoms with Gasteiger partial charge in [-0.05, 0) is 53.9 Å². The van der Waals surface area contributed by atoms with Gasteiger partial charge in [0.05, 0.1) is 23.4 Å². The Labute approximate surface area is 211 Å². The maximum Gasteiger partial charge on any atom is 0.295 e. The number of phenolic OH excluding ortho intramolecular Hbond substituents is 1. The van der Waals surface area contributed by atoms with Crippen molar-refractivity contribution in [2.45, 2.75) is 9.79 Å². The van der Waals surface area contributed by atoms with Crippen molar-refractivity contribution >= 4 is 53.8 Å². The molecule has 12 nitrogen and oxygen atoms in total. The molecule has 4 rings (SSSR count). The molecular formula is C23H18N4O8S2. The Morgan fingerprint density at radius 1 is 0.730 bits per heavy atom. The monoisotopic (exact) mass is 542 g/mol. The van der Waals surface area contributed by atoms with Gasteiger partial charge < -0.3 is 9.84 Å². The van der Waals surface area contributed by atoms with Gasteiger partial charge in [-0.25, -0.2) is 0 Å². The molecule has 0 spiro atoms. The Balaban J connectivity index is 1.67. The van der Waals surface area contributed by atoms with Crippen LogP contribution in [0.3, 0.4) is 0 Å². The SMILES string of the molecule is COc1cc(N=Nc2ccc(S(=O)(=O)O)cc2)ccc1N=Nc1c(O)ccc2cccc(S(=O)(=O)O)c12. The number of ether oxygens (including phenoxy) is 1. The van der Waals surface area contributed by atoms with Crippen molar-refractivity contribution in [2.75, 3.05) is 7.11 Å². The Morgan fingerprint density at radius 2 is 1.41 bits per heavy atom. The second-order valence-electron chi connectivity index (χ2n) is 7.49. The van der Waals surface area contributed by atoms with E-state index in [9.17, 15) is 26.5 Å². The molecule has 0 heterocycles. The van der Waals surface area contributed by atoms with E-state index in [4.69, 9.17) is 9.29 Å². The summed E-state index contributed by atoms with van der Waals surface area (Å²) in [6.07, 6.45) is 0. The highest BCUT2D eigenvalue weighted by Gasteiger charge is 2.19. The lowest BCUT2D eigenvalue weighted by atomic mass is 10.1. The van der Waals surface area contributed by atoms with Gasteiger partial charge in [-0.15, -0.1) is 10.2 Å². The molecule has 0 fully saturated rings. The lowest BCUT2D eigenvalue weighted by molar-refractivity contribution is 0.416. The highest BCUT2D eigenvalue weighted by atomic mass is 32.2. The lowest BCUT2D eigenvalue weighted by Gasteiger charge is -2.08. The van der Waals surface area contributed by atoms with E-state index in [0.29, 0.717) is 16.8 Å². The third-order valence-electron chi connectivity index (χ3n) is 5.07. The van der Waals surface area contributed by atoms with Crippen molar-refractivity contribution in [3.8, 4) is 11.5 Å². The first-order chi connectivity index (χ1) is 17.5. The average molecular weight is 543 g/mol. The highest BCUT2D eigenvalue weighted by Crippen LogP contribution is 2.41. The number of azo groups is 2. The summed E-state index contributed by atoms with van der Waals surface area (Å²) in [7, 11) is -7.54. The zero-order valence-electron chi connectivity index (χ0n) is 18.9. The highest BCUT2D eigenvalue weighted by molar-refractivity contribution is 7.86. The van der Waals surface area contributed by atoms with E-state index in [-0.39, 0.29) is 33.2 Å². The summed E-state index contributed by atoms with van der Waals surface area (Å²) in [6.45, 7) is 0. The number of fused-ring (bicyclic) bond motifs is 1. The number of methoxy groups -OCH3 is 1. The Hall–Kier alpha value is -4.24. The summed E-state index contributed by atoms with van der Waals surface area (Å²) >= 11 is 0. The standard InChI is InChI=1S/C23H18N4O8S2/c1-35-20-13-16(25-24-15-6-9-17(10-7-15)36(29,30)31)8-11-18(20)26-27-23-19(28)12-5-14-3-2-4-21(22(14)23)37(32,33)34/h2-13,28H,1H3,(H,29,30,31)(H,32,33,34). The number of nitrogens with zero attached hydrogens (tertiary/aromatic N) is 4. The van der Waals surface area contributed by atoms with Crippen LogP contribution in [-0.4, -0.2) is 38.2 Å². The molecule has 190 valence electrons. The number of benzene rings is 4. The van der Waals surface area contributed by atoms with Crippen LogP contribution in [-0.2, 0) is 20.2 Å². The molecule has 3 N–H and O–H groups in total. The predicted octanol–water partition coefficient (Wildman–Crippen LogP) is 5.88. The molecule has 14 heteroatoms. The molecule has 37 heavy (non-hydrogen) atoms. The van der Waals surface area contributed by atoms with Gasteiger partial charge in [-0.1, -0.05) is 18.2 Å². The molecule has 4 aromatic carbocycles. The number of phenols is 1. The van der Waals surface area contributed by atoms with Crippen LogP contribution in [0, 0.1) is 0 Å². The Morgan fingerprint density at radius 3 is 2.05 bits per heavy atom. The zero-order valence-corrected chi connectivity index (χ0v) is 20.5. The quantitative estimate of drug-likeness (QED) is 0.191. The van der Waals surface area contributed by atoms with Crippen molar-refractivity contribution in [1.82, 2.24) is 0 Å². The largest absolute Gasteiger partial charge is 0.506 e. The molecule has 0 amide bonds. The second-order valence-corrected chi connectivity index (χ2v) is 10.3. The molecule has 0 saturated carbocycles. The van der Waals surface area contributed by atoms with Gasteiger partial charge in [0.15, 0.2) is 0 Å². The maximum atomic E-state index is 11.9. The molecule has 0 bridgehead atoms. The zero-order chi connectivity index (χ0) is 26.8. The summed E-state index contributed by atoms with van der Waals surface area (Å²) in [5.74, 6) is -0.117. The summed E-state index contributed by atoms with van der Waals surface area (Å²) in [6, 6.07) is 16.7. The smallest absolute Gasteiger partial charge is 0.295 e. The fourth-order valence-electron chi connectivity index (χ4n) is 3.35. The van der Waals surface area contributed by atoms with E-state index in [1.807, 2.05) is 0 Å². The molecule has 0 aromatic heterocycles. The molecule has 0 aliphatic carbocycles. The lowest BCUT2D eigenvalue weighted by Crippen LogP contribution is -1.99. The first-order valence-electron chi connectivity index (χ1n) is 10.3. The first-order valence-corrected chi connectivity index (χ1v) is 13.2. The van der Waals surface area contributed by atoms with Crippen molar-refractivity contribution < 1.29 is 35.8 Å². The van der Waals surface area contributed by atoms with Crippen molar-refractivity contribution in [1.29, 1.82) is 0 Å². The second kappa shape index (κ2) is 10.0. The van der Waals surface area contributed by atoms with Gasteiger partial charge in [0.1, 0.15) is 27.8 Å². The van der Waals surface area contributed by atoms with Crippen LogP contribution in [0.25, 0.3) is 10.8 Å². The minimum absolute atomic E-state index is 0.00171. The van der Waals surface area contributed by atoms with Crippen LogP contribution in [0.2, 0.25) is 0 Å². The van der Waals surface area contributed by atoms with Gasteiger partial charge in [0.25, 0.3) is 20.2 Å². The summed E-state index contributed by atoms with van der Waals surface area (Å²) in [5, 5.41) is 26.9. The van der Waals surface area contributed by atoms with Gasteiger partial charge >= 0.3 is 0 Å². The van der Waals surface area contributed by atoms with E-state index in [2.05, 4.69) is 20.5 Å². The molecule has 0 saturated heterocycles. The summed E-state index contributed by atoms with van der Waals surface area (Å²) in [5.41, 5.74) is 0.747. The minimum Gasteiger partial charge on any atom is -0.506 e. The molecule has 4 aromatic rings. The molecular weight excluding hydrogens is 524 g/mol.